The molecule has 1 fully saturated rings. The molecule has 0 atom stereocenters. The molecule has 0 amide bonds. The zero-order valence-corrected chi connectivity index (χ0v) is 10.9. The maximum atomic E-state index is 11.4. The summed E-state index contributed by atoms with van der Waals surface area (Å²) in [5.41, 5.74) is 0. The highest BCUT2D eigenvalue weighted by atomic mass is 16.5. The maximum Gasteiger partial charge on any atom is 0.394 e. The van der Waals surface area contributed by atoms with E-state index < -0.39 is 5.97 Å². The third kappa shape index (κ3) is 3.30. The van der Waals surface area contributed by atoms with E-state index in [1.807, 2.05) is 0 Å². The average molecular weight is 253 g/mol. The number of ether oxygens (including phenoxy) is 1. The van der Waals surface area contributed by atoms with Crippen LogP contribution < -0.4 is 0 Å². The van der Waals surface area contributed by atoms with Gasteiger partial charge in [-0.1, -0.05) is 0 Å². The number of likely N-dealkylation sites (N-methyl/N-ethyl adjacent to an activating group) is 1. The van der Waals surface area contributed by atoms with Crippen molar-refractivity contribution in [3.8, 4) is 0 Å². The Morgan fingerprint density at radius 1 is 1.44 bits per heavy atom. The van der Waals surface area contributed by atoms with Crippen molar-refractivity contribution >= 4 is 5.97 Å². The zero-order valence-electron chi connectivity index (χ0n) is 10.9. The van der Waals surface area contributed by atoms with Gasteiger partial charge in [-0.2, -0.15) is 0 Å². The molecule has 0 spiro atoms. The Bertz CT molecular complexity index is 397. The minimum absolute atomic E-state index is 0.0426. The van der Waals surface area contributed by atoms with Gasteiger partial charge in [0.25, 0.3) is 0 Å². The fraction of sp³-hybridized carbons (Fsp3) is 0.667. The summed E-state index contributed by atoms with van der Waals surface area (Å²) in [6.07, 6.45) is 1.60. The van der Waals surface area contributed by atoms with Crippen LogP contribution in [0.1, 0.15) is 23.4 Å². The van der Waals surface area contributed by atoms with Gasteiger partial charge in [-0.15, -0.1) is 0 Å². The Labute approximate surface area is 107 Å². The third-order valence-corrected chi connectivity index (χ3v) is 2.98. The summed E-state index contributed by atoms with van der Waals surface area (Å²) in [7, 11) is 2.12. The highest BCUT2D eigenvalue weighted by Gasteiger charge is 2.18. The quantitative estimate of drug-likeness (QED) is 0.732. The highest BCUT2D eigenvalue weighted by molar-refractivity contribution is 5.84. The molecule has 2 heterocycles. The molecule has 0 unspecified atom stereocenters. The number of oxazole rings is 1. The molecule has 1 aromatic rings. The molecule has 0 aromatic carbocycles. The van der Waals surface area contributed by atoms with E-state index in [0.717, 1.165) is 26.2 Å². The lowest BCUT2D eigenvalue weighted by molar-refractivity contribution is 0.0476. The standard InChI is InChI=1S/C12H19N3O3/c1-3-17-12(16)11-13-8-10(18-11)9-15-6-4-14(2)5-7-15/h8H,3-7,9H2,1-2H3. The third-order valence-electron chi connectivity index (χ3n) is 2.98. The second-order valence-electron chi connectivity index (χ2n) is 4.43. The first-order chi connectivity index (χ1) is 8.69. The van der Waals surface area contributed by atoms with E-state index in [9.17, 15) is 4.79 Å². The molecule has 100 valence electrons. The molecular formula is C12H19N3O3. The lowest BCUT2D eigenvalue weighted by Crippen LogP contribution is -2.43. The SMILES string of the molecule is CCOC(=O)c1ncc(CN2CCN(C)CC2)o1. The first-order valence-corrected chi connectivity index (χ1v) is 6.21. The first-order valence-electron chi connectivity index (χ1n) is 6.21. The smallest absolute Gasteiger partial charge is 0.394 e. The fourth-order valence-electron chi connectivity index (χ4n) is 1.89. The van der Waals surface area contributed by atoms with E-state index in [1.54, 1.807) is 13.1 Å². The number of carbonyl (C=O) groups excluding carboxylic acids is 1. The lowest BCUT2D eigenvalue weighted by Gasteiger charge is -2.31. The van der Waals surface area contributed by atoms with E-state index in [0.29, 0.717) is 18.9 Å². The van der Waals surface area contributed by atoms with Crippen LogP contribution in [-0.4, -0.2) is 60.6 Å². The van der Waals surface area contributed by atoms with Gasteiger partial charge in [0.2, 0.25) is 0 Å². The van der Waals surface area contributed by atoms with Gasteiger partial charge in [0.05, 0.1) is 19.3 Å². The van der Waals surface area contributed by atoms with Crippen molar-refractivity contribution in [3.05, 3.63) is 17.8 Å². The van der Waals surface area contributed by atoms with Gasteiger partial charge in [0, 0.05) is 26.2 Å². The minimum atomic E-state index is -0.498. The summed E-state index contributed by atoms with van der Waals surface area (Å²) in [6, 6.07) is 0. The van der Waals surface area contributed by atoms with Gasteiger partial charge in [0.15, 0.2) is 0 Å². The summed E-state index contributed by atoms with van der Waals surface area (Å²) in [5.74, 6) is 0.255. The van der Waals surface area contributed by atoms with Gasteiger partial charge < -0.3 is 14.1 Å². The number of carbonyl (C=O) groups is 1. The number of aromatic nitrogens is 1. The number of esters is 1. The van der Waals surface area contributed by atoms with E-state index >= 15 is 0 Å². The molecular weight excluding hydrogens is 234 g/mol. The molecule has 1 aliphatic rings. The lowest BCUT2D eigenvalue weighted by atomic mass is 10.3. The first kappa shape index (κ1) is 13.0. The highest BCUT2D eigenvalue weighted by Crippen LogP contribution is 2.10. The number of hydrogen-bond acceptors (Lipinski definition) is 6. The maximum absolute atomic E-state index is 11.4. The van der Waals surface area contributed by atoms with Crippen molar-refractivity contribution in [2.24, 2.45) is 0 Å². The fourth-order valence-corrected chi connectivity index (χ4v) is 1.89. The van der Waals surface area contributed by atoms with Crippen LogP contribution in [0.5, 0.6) is 0 Å². The van der Waals surface area contributed by atoms with Crippen LogP contribution in [0.3, 0.4) is 0 Å². The largest absolute Gasteiger partial charge is 0.459 e. The number of piperazine rings is 1. The molecule has 0 saturated carbocycles. The van der Waals surface area contributed by atoms with E-state index in [2.05, 4.69) is 21.8 Å². The molecule has 1 aromatic heterocycles. The molecule has 0 bridgehead atoms. The van der Waals surface area contributed by atoms with Crippen molar-refractivity contribution in [2.75, 3.05) is 39.8 Å². The van der Waals surface area contributed by atoms with Crippen LogP contribution in [0.2, 0.25) is 0 Å². The molecule has 0 radical (unpaired) electrons. The summed E-state index contributed by atoms with van der Waals surface area (Å²) in [5, 5.41) is 0. The Kier molecular flexibility index (Phi) is 4.33. The van der Waals surface area contributed by atoms with Crippen molar-refractivity contribution in [2.45, 2.75) is 13.5 Å². The summed E-state index contributed by atoms with van der Waals surface area (Å²) in [4.78, 5) is 19.9. The second kappa shape index (κ2) is 5.97. The van der Waals surface area contributed by atoms with Gasteiger partial charge >= 0.3 is 11.9 Å². The predicted octanol–water partition coefficient (Wildman–Crippen LogP) is 0.599. The van der Waals surface area contributed by atoms with E-state index in [4.69, 9.17) is 9.15 Å². The minimum Gasteiger partial charge on any atom is -0.459 e. The summed E-state index contributed by atoms with van der Waals surface area (Å²) < 4.78 is 10.2. The van der Waals surface area contributed by atoms with E-state index in [-0.39, 0.29) is 5.89 Å². The molecule has 6 nitrogen and oxygen atoms in total. The number of rotatable bonds is 4. The van der Waals surface area contributed by atoms with Crippen molar-refractivity contribution in [1.29, 1.82) is 0 Å². The Hall–Kier alpha value is -1.40. The Morgan fingerprint density at radius 3 is 2.83 bits per heavy atom. The van der Waals surface area contributed by atoms with Gasteiger partial charge in [0.1, 0.15) is 5.76 Å². The van der Waals surface area contributed by atoms with Crippen molar-refractivity contribution < 1.29 is 13.9 Å². The second-order valence-corrected chi connectivity index (χ2v) is 4.43. The molecule has 0 aliphatic carbocycles. The number of nitrogens with zero attached hydrogens (tertiary/aromatic N) is 3. The summed E-state index contributed by atoms with van der Waals surface area (Å²) >= 11 is 0. The molecule has 1 aliphatic heterocycles. The number of hydrogen-bond donors (Lipinski definition) is 0. The van der Waals surface area contributed by atoms with Crippen LogP contribution in [0.4, 0.5) is 0 Å². The average Bonchev–Trinajstić information content (AvgIpc) is 2.81. The van der Waals surface area contributed by atoms with Crippen molar-refractivity contribution in [3.63, 3.8) is 0 Å². The topological polar surface area (TPSA) is 58.8 Å². The molecule has 2 rings (SSSR count). The monoisotopic (exact) mass is 253 g/mol. The van der Waals surface area contributed by atoms with Gasteiger partial charge in [-0.25, -0.2) is 9.78 Å². The molecule has 0 N–H and O–H groups in total. The summed E-state index contributed by atoms with van der Waals surface area (Å²) in [6.45, 7) is 6.90. The van der Waals surface area contributed by atoms with Crippen LogP contribution in [-0.2, 0) is 11.3 Å². The molecule has 1 saturated heterocycles. The molecule has 6 heteroatoms. The normalized spacial score (nSPS) is 17.9. The zero-order chi connectivity index (χ0) is 13.0. The van der Waals surface area contributed by atoms with Gasteiger partial charge in [-0.3, -0.25) is 4.90 Å². The predicted molar refractivity (Wildman–Crippen MR) is 65.2 cm³/mol. The van der Waals surface area contributed by atoms with E-state index in [1.165, 1.54) is 0 Å². The van der Waals surface area contributed by atoms with Crippen LogP contribution in [0.15, 0.2) is 10.6 Å². The Balaban J connectivity index is 1.88. The van der Waals surface area contributed by atoms with Crippen LogP contribution >= 0.6 is 0 Å². The van der Waals surface area contributed by atoms with Crippen LogP contribution in [0.25, 0.3) is 0 Å². The van der Waals surface area contributed by atoms with Gasteiger partial charge in [-0.05, 0) is 14.0 Å². The Morgan fingerprint density at radius 2 is 2.17 bits per heavy atom. The molecule has 18 heavy (non-hydrogen) atoms. The van der Waals surface area contributed by atoms with Crippen LogP contribution in [0, 0.1) is 0 Å². The van der Waals surface area contributed by atoms with Crippen molar-refractivity contribution in [1.82, 2.24) is 14.8 Å².